The fraction of sp³-hybridized carbons (Fsp3) is 0.211. The molecule has 0 spiro atoms. The summed E-state index contributed by atoms with van der Waals surface area (Å²) in [6, 6.07) is 9.57. The molecule has 4 aromatic rings. The van der Waals surface area contributed by atoms with Gasteiger partial charge in [-0.1, -0.05) is 35.5 Å². The van der Waals surface area contributed by atoms with Gasteiger partial charge in [0.2, 0.25) is 0 Å². The monoisotopic (exact) mass is 396 g/mol. The molecule has 0 aliphatic heterocycles. The fourth-order valence-electron chi connectivity index (χ4n) is 2.66. The Labute approximate surface area is 164 Å². The Morgan fingerprint density at radius 1 is 1.18 bits per heavy atom. The van der Waals surface area contributed by atoms with Crippen LogP contribution in [0.4, 0.5) is 0 Å². The van der Waals surface area contributed by atoms with Gasteiger partial charge in [0.1, 0.15) is 17.0 Å². The molecule has 9 heteroatoms. The molecule has 28 heavy (non-hydrogen) atoms. The largest absolute Gasteiger partial charge is 0.455 e. The van der Waals surface area contributed by atoms with Gasteiger partial charge in [0.15, 0.2) is 6.61 Å². The van der Waals surface area contributed by atoms with Gasteiger partial charge in [-0.2, -0.15) is 0 Å². The molecule has 0 aliphatic carbocycles. The first-order chi connectivity index (χ1) is 13.6. The SMILES string of the molecule is Cc1nc(CC(=O)OCc2nnc(-c3c(-c4ccccc4)noc3C)o2)cs1. The number of rotatable bonds is 6. The third-order valence-electron chi connectivity index (χ3n) is 3.94. The van der Waals surface area contributed by atoms with E-state index in [9.17, 15) is 4.79 Å². The zero-order valence-electron chi connectivity index (χ0n) is 15.2. The minimum atomic E-state index is -0.406. The lowest BCUT2D eigenvalue weighted by molar-refractivity contribution is -0.144. The van der Waals surface area contributed by atoms with Crippen molar-refractivity contribution >= 4 is 17.3 Å². The van der Waals surface area contributed by atoms with E-state index in [4.69, 9.17) is 13.7 Å². The van der Waals surface area contributed by atoms with Crippen LogP contribution in [0.2, 0.25) is 0 Å². The lowest BCUT2D eigenvalue weighted by atomic mass is 10.1. The van der Waals surface area contributed by atoms with Gasteiger partial charge in [0.25, 0.3) is 11.8 Å². The van der Waals surface area contributed by atoms with Gasteiger partial charge in [0.05, 0.1) is 17.1 Å². The zero-order chi connectivity index (χ0) is 19.5. The molecule has 0 unspecified atom stereocenters. The van der Waals surface area contributed by atoms with Crippen LogP contribution in [0.5, 0.6) is 0 Å². The lowest BCUT2D eigenvalue weighted by Gasteiger charge is -2.00. The van der Waals surface area contributed by atoms with Crippen LogP contribution in [0.15, 0.2) is 44.7 Å². The van der Waals surface area contributed by atoms with Crippen LogP contribution in [-0.2, 0) is 22.6 Å². The number of nitrogens with zero attached hydrogens (tertiary/aromatic N) is 4. The number of aromatic nitrogens is 4. The first-order valence-corrected chi connectivity index (χ1v) is 9.39. The van der Waals surface area contributed by atoms with Crippen molar-refractivity contribution in [1.82, 2.24) is 20.3 Å². The van der Waals surface area contributed by atoms with Gasteiger partial charge < -0.3 is 13.7 Å². The highest BCUT2D eigenvalue weighted by Gasteiger charge is 2.22. The molecule has 8 nitrogen and oxygen atoms in total. The van der Waals surface area contributed by atoms with E-state index >= 15 is 0 Å². The Bertz CT molecular complexity index is 1100. The summed E-state index contributed by atoms with van der Waals surface area (Å²) in [7, 11) is 0. The number of hydrogen-bond donors (Lipinski definition) is 0. The highest BCUT2D eigenvalue weighted by molar-refractivity contribution is 7.09. The van der Waals surface area contributed by atoms with Crippen molar-refractivity contribution in [3.05, 3.63) is 58.1 Å². The molecule has 142 valence electrons. The predicted octanol–water partition coefficient (Wildman–Crippen LogP) is 3.75. The fourth-order valence-corrected chi connectivity index (χ4v) is 3.27. The van der Waals surface area contributed by atoms with Crippen LogP contribution < -0.4 is 0 Å². The summed E-state index contributed by atoms with van der Waals surface area (Å²) in [6.45, 7) is 3.55. The highest BCUT2D eigenvalue weighted by Crippen LogP contribution is 2.33. The second kappa shape index (κ2) is 7.73. The maximum Gasteiger partial charge on any atom is 0.312 e. The minimum Gasteiger partial charge on any atom is -0.455 e. The van der Waals surface area contributed by atoms with Crippen molar-refractivity contribution in [2.75, 3.05) is 0 Å². The van der Waals surface area contributed by atoms with Gasteiger partial charge in [-0.25, -0.2) is 4.98 Å². The normalized spacial score (nSPS) is 10.9. The van der Waals surface area contributed by atoms with Gasteiger partial charge >= 0.3 is 5.97 Å². The van der Waals surface area contributed by atoms with Crippen LogP contribution >= 0.6 is 11.3 Å². The Balaban J connectivity index is 1.46. The number of benzene rings is 1. The Morgan fingerprint density at radius 3 is 2.75 bits per heavy atom. The summed E-state index contributed by atoms with van der Waals surface area (Å²) < 4.78 is 16.2. The van der Waals surface area contributed by atoms with Crippen molar-refractivity contribution < 1.29 is 18.5 Å². The maximum atomic E-state index is 12.0. The standard InChI is InChI=1S/C19H16N4O4S/c1-11-17(18(23-27-11)13-6-4-3-5-7-13)19-22-21-15(26-19)9-25-16(24)8-14-10-28-12(2)20-14/h3-7,10H,8-9H2,1-2H3. The molecule has 0 radical (unpaired) electrons. The summed E-state index contributed by atoms with van der Waals surface area (Å²) in [5.41, 5.74) is 2.80. The molecule has 0 amide bonds. The number of carbonyl (C=O) groups is 1. The molecule has 0 fully saturated rings. The quantitative estimate of drug-likeness (QED) is 0.454. The van der Waals surface area contributed by atoms with Gasteiger partial charge in [0, 0.05) is 10.9 Å². The first-order valence-electron chi connectivity index (χ1n) is 8.51. The first kappa shape index (κ1) is 18.1. The Kier molecular flexibility index (Phi) is 4.98. The third kappa shape index (κ3) is 3.84. The van der Waals surface area contributed by atoms with Crippen molar-refractivity contribution in [2.24, 2.45) is 0 Å². The van der Waals surface area contributed by atoms with E-state index in [1.54, 1.807) is 6.92 Å². The number of esters is 1. The topological polar surface area (TPSA) is 104 Å². The number of thiazole rings is 1. The highest BCUT2D eigenvalue weighted by atomic mass is 32.1. The van der Waals surface area contributed by atoms with E-state index in [1.807, 2.05) is 42.6 Å². The number of hydrogen-bond acceptors (Lipinski definition) is 9. The van der Waals surface area contributed by atoms with Crippen molar-refractivity contribution in [2.45, 2.75) is 26.9 Å². The molecule has 3 aromatic heterocycles. The van der Waals surface area contributed by atoms with E-state index in [1.165, 1.54) is 11.3 Å². The van der Waals surface area contributed by atoms with E-state index in [-0.39, 0.29) is 24.8 Å². The molecule has 0 bridgehead atoms. The number of ether oxygens (including phenoxy) is 1. The third-order valence-corrected chi connectivity index (χ3v) is 4.76. The number of aryl methyl sites for hydroxylation is 2. The maximum absolute atomic E-state index is 12.0. The average molecular weight is 396 g/mol. The molecule has 3 heterocycles. The van der Waals surface area contributed by atoms with E-state index in [0.29, 0.717) is 22.7 Å². The van der Waals surface area contributed by atoms with Crippen LogP contribution in [0, 0.1) is 13.8 Å². The van der Waals surface area contributed by atoms with Crippen LogP contribution in [0.25, 0.3) is 22.7 Å². The molecule has 4 rings (SSSR count). The summed E-state index contributed by atoms with van der Waals surface area (Å²) in [6.07, 6.45) is 0.105. The Hall–Kier alpha value is -3.33. The Morgan fingerprint density at radius 2 is 2.00 bits per heavy atom. The predicted molar refractivity (Wildman–Crippen MR) is 100 cm³/mol. The molecule has 1 aromatic carbocycles. The number of carbonyl (C=O) groups excluding carboxylic acids is 1. The van der Waals surface area contributed by atoms with Crippen molar-refractivity contribution in [1.29, 1.82) is 0 Å². The van der Waals surface area contributed by atoms with Crippen molar-refractivity contribution in [3.63, 3.8) is 0 Å². The minimum absolute atomic E-state index is 0.105. The summed E-state index contributed by atoms with van der Waals surface area (Å²) in [5.74, 6) is 0.609. The van der Waals surface area contributed by atoms with E-state index < -0.39 is 5.97 Å². The molecule has 0 aliphatic rings. The summed E-state index contributed by atoms with van der Waals surface area (Å²) in [4.78, 5) is 16.2. The summed E-state index contributed by atoms with van der Waals surface area (Å²) in [5, 5.41) is 14.8. The van der Waals surface area contributed by atoms with Gasteiger partial charge in [-0.15, -0.1) is 21.5 Å². The van der Waals surface area contributed by atoms with Gasteiger partial charge in [-0.05, 0) is 13.8 Å². The molecular weight excluding hydrogens is 380 g/mol. The molecule has 0 saturated heterocycles. The van der Waals surface area contributed by atoms with Crippen molar-refractivity contribution in [3.8, 4) is 22.7 Å². The molecular formula is C19H16N4O4S. The lowest BCUT2D eigenvalue weighted by Crippen LogP contribution is -2.08. The zero-order valence-corrected chi connectivity index (χ0v) is 16.0. The van der Waals surface area contributed by atoms with Crippen LogP contribution in [0.3, 0.4) is 0 Å². The molecule has 0 N–H and O–H groups in total. The smallest absolute Gasteiger partial charge is 0.312 e. The summed E-state index contributed by atoms with van der Waals surface area (Å²) >= 11 is 1.49. The van der Waals surface area contributed by atoms with Gasteiger partial charge in [-0.3, -0.25) is 4.79 Å². The van der Waals surface area contributed by atoms with Crippen LogP contribution in [-0.4, -0.2) is 26.3 Å². The second-order valence-corrected chi connectivity index (χ2v) is 7.09. The second-order valence-electron chi connectivity index (χ2n) is 6.02. The van der Waals surface area contributed by atoms with E-state index in [0.717, 1.165) is 10.6 Å². The molecule has 0 atom stereocenters. The average Bonchev–Trinajstić information content (AvgIpc) is 3.41. The van der Waals surface area contributed by atoms with Crippen LogP contribution in [0.1, 0.15) is 22.4 Å². The van der Waals surface area contributed by atoms with E-state index in [2.05, 4.69) is 20.3 Å². The molecule has 0 saturated carbocycles.